The van der Waals surface area contributed by atoms with E-state index in [-0.39, 0.29) is 19.1 Å². The van der Waals surface area contributed by atoms with Gasteiger partial charge < -0.3 is 10.1 Å². The van der Waals surface area contributed by atoms with Gasteiger partial charge in [0.25, 0.3) is 0 Å². The smallest absolute Gasteiger partial charge is 0.341 e. The lowest BCUT2D eigenvalue weighted by Gasteiger charge is -2.09. The average Bonchev–Trinajstić information content (AvgIpc) is 2.98. The fraction of sp³-hybridized carbons (Fsp3) is 0.333. The van der Waals surface area contributed by atoms with Crippen molar-refractivity contribution in [1.82, 2.24) is 5.32 Å². The van der Waals surface area contributed by atoms with Crippen LogP contribution >= 0.6 is 34.5 Å². The third-order valence-electron chi connectivity index (χ3n) is 3.50. The molecule has 2 N–H and O–H groups in total. The van der Waals surface area contributed by atoms with Crippen molar-refractivity contribution < 1.29 is 14.3 Å². The lowest BCUT2D eigenvalue weighted by Crippen LogP contribution is -2.28. The molecule has 2 amide bonds. The highest BCUT2D eigenvalue weighted by Gasteiger charge is 2.20. The molecule has 2 rings (SSSR count). The molecule has 0 fully saturated rings. The van der Waals surface area contributed by atoms with Gasteiger partial charge in [-0.1, -0.05) is 43.1 Å². The predicted octanol–water partition coefficient (Wildman–Crippen LogP) is 5.68. The molecule has 1 aromatic carbocycles. The van der Waals surface area contributed by atoms with Gasteiger partial charge in [0.05, 0.1) is 12.2 Å². The molecule has 0 radical (unpaired) electrons. The Labute approximate surface area is 166 Å². The minimum Gasteiger partial charge on any atom is -0.462 e. The van der Waals surface area contributed by atoms with Gasteiger partial charge in [-0.15, -0.1) is 11.3 Å². The van der Waals surface area contributed by atoms with Crippen LogP contribution < -0.4 is 10.6 Å². The number of urea groups is 1. The quantitative estimate of drug-likeness (QED) is 0.597. The number of hydrogen-bond acceptors (Lipinski definition) is 4. The topological polar surface area (TPSA) is 67.4 Å². The number of carbonyl (C=O) groups excluding carboxylic acids is 2. The second-order valence-corrected chi connectivity index (χ2v) is 7.74. The Bertz CT molecular complexity index is 806. The minimum absolute atomic E-state index is 0.235. The summed E-state index contributed by atoms with van der Waals surface area (Å²) < 4.78 is 5.07. The van der Waals surface area contributed by atoms with Gasteiger partial charge in [-0.05, 0) is 36.6 Å². The number of nitrogens with one attached hydrogen (secondary N) is 2. The number of halogens is 2. The molecule has 5 nitrogen and oxygen atoms in total. The molecule has 0 unspecified atom stereocenters. The molecule has 0 aliphatic carbocycles. The van der Waals surface area contributed by atoms with E-state index in [0.717, 1.165) is 10.4 Å². The van der Waals surface area contributed by atoms with Gasteiger partial charge >= 0.3 is 12.0 Å². The molecule has 0 aliphatic rings. The third kappa shape index (κ3) is 5.37. The zero-order chi connectivity index (χ0) is 19.3. The zero-order valence-electron chi connectivity index (χ0n) is 14.7. The van der Waals surface area contributed by atoms with Gasteiger partial charge in [-0.25, -0.2) is 9.59 Å². The molecule has 8 heteroatoms. The number of rotatable bonds is 6. The maximum atomic E-state index is 12.2. The predicted molar refractivity (Wildman–Crippen MR) is 107 cm³/mol. The van der Waals surface area contributed by atoms with E-state index in [0.29, 0.717) is 20.6 Å². The lowest BCUT2D eigenvalue weighted by atomic mass is 10.1. The van der Waals surface area contributed by atoms with E-state index in [1.807, 2.05) is 13.8 Å². The Morgan fingerprint density at radius 1 is 1.23 bits per heavy atom. The second kappa shape index (κ2) is 9.26. The highest BCUT2D eigenvalue weighted by atomic mass is 35.5. The molecule has 1 heterocycles. The summed E-state index contributed by atoms with van der Waals surface area (Å²) in [5, 5.41) is 6.92. The summed E-state index contributed by atoms with van der Waals surface area (Å²) in [5.41, 5.74) is 1.10. The number of benzene rings is 1. The summed E-state index contributed by atoms with van der Waals surface area (Å²) in [6.45, 7) is 6.29. The van der Waals surface area contributed by atoms with Crippen LogP contribution in [-0.2, 0) is 11.3 Å². The second-order valence-electron chi connectivity index (χ2n) is 5.81. The first-order chi connectivity index (χ1) is 12.3. The summed E-state index contributed by atoms with van der Waals surface area (Å²) in [4.78, 5) is 25.4. The summed E-state index contributed by atoms with van der Waals surface area (Å²) in [6, 6.07) is 6.40. The fourth-order valence-electron chi connectivity index (χ4n) is 2.14. The minimum atomic E-state index is -0.452. The Morgan fingerprint density at radius 2 is 1.96 bits per heavy atom. The highest BCUT2D eigenvalue weighted by molar-refractivity contribution is 7.16. The summed E-state index contributed by atoms with van der Waals surface area (Å²) in [5.74, 6) is -0.216. The van der Waals surface area contributed by atoms with Gasteiger partial charge in [0.15, 0.2) is 0 Å². The molecule has 0 atom stereocenters. The van der Waals surface area contributed by atoms with E-state index in [1.54, 1.807) is 31.2 Å². The Balaban J connectivity index is 2.08. The van der Waals surface area contributed by atoms with Crippen molar-refractivity contribution in [1.29, 1.82) is 0 Å². The van der Waals surface area contributed by atoms with Crippen LogP contribution in [0, 0.1) is 0 Å². The van der Waals surface area contributed by atoms with Gasteiger partial charge in [0.1, 0.15) is 5.00 Å². The maximum absolute atomic E-state index is 12.2. The number of carbonyl (C=O) groups is 2. The number of anilines is 1. The van der Waals surface area contributed by atoms with Crippen LogP contribution in [0.4, 0.5) is 9.80 Å². The molecule has 2 aromatic rings. The van der Waals surface area contributed by atoms with Crippen molar-refractivity contribution in [2.24, 2.45) is 0 Å². The van der Waals surface area contributed by atoms with Crippen molar-refractivity contribution >= 4 is 51.5 Å². The molecule has 0 bridgehead atoms. The molecule has 0 spiro atoms. The van der Waals surface area contributed by atoms with Crippen LogP contribution in [0.5, 0.6) is 0 Å². The maximum Gasteiger partial charge on any atom is 0.341 e. The van der Waals surface area contributed by atoms with E-state index < -0.39 is 12.0 Å². The molecule has 140 valence electrons. The number of thiophene rings is 1. The largest absolute Gasteiger partial charge is 0.462 e. The van der Waals surface area contributed by atoms with Crippen molar-refractivity contribution in [2.45, 2.75) is 33.2 Å². The van der Waals surface area contributed by atoms with E-state index in [1.165, 1.54) is 11.3 Å². The van der Waals surface area contributed by atoms with Crippen molar-refractivity contribution in [3.8, 4) is 0 Å². The monoisotopic (exact) mass is 414 g/mol. The van der Waals surface area contributed by atoms with Crippen LogP contribution in [0.1, 0.15) is 47.5 Å². The normalized spacial score (nSPS) is 10.7. The SMILES string of the molecule is CCOC(=O)c1cc(C(C)C)sc1NC(=O)NCc1ccc(Cl)cc1Cl. The number of amides is 2. The molecule has 1 aromatic heterocycles. The lowest BCUT2D eigenvalue weighted by molar-refractivity contribution is 0.0528. The number of hydrogen-bond donors (Lipinski definition) is 2. The molecule has 0 saturated carbocycles. The van der Waals surface area contributed by atoms with Crippen LogP contribution in [0.2, 0.25) is 10.0 Å². The molecule has 26 heavy (non-hydrogen) atoms. The van der Waals surface area contributed by atoms with E-state index in [4.69, 9.17) is 27.9 Å². The van der Waals surface area contributed by atoms with E-state index in [9.17, 15) is 9.59 Å². The van der Waals surface area contributed by atoms with E-state index in [2.05, 4.69) is 10.6 Å². The van der Waals surface area contributed by atoms with Gasteiger partial charge in [0.2, 0.25) is 0 Å². The molecular weight excluding hydrogens is 395 g/mol. The Kier molecular flexibility index (Phi) is 7.32. The summed E-state index contributed by atoms with van der Waals surface area (Å²) >= 11 is 13.3. The van der Waals surface area contributed by atoms with Crippen LogP contribution in [0.15, 0.2) is 24.3 Å². The summed E-state index contributed by atoms with van der Waals surface area (Å²) in [7, 11) is 0. The first-order valence-electron chi connectivity index (χ1n) is 8.11. The molecule has 0 saturated heterocycles. The highest BCUT2D eigenvalue weighted by Crippen LogP contribution is 2.33. The first-order valence-corrected chi connectivity index (χ1v) is 9.68. The van der Waals surface area contributed by atoms with Crippen molar-refractivity contribution in [3.05, 3.63) is 50.3 Å². The Hall–Kier alpha value is -1.76. The third-order valence-corrected chi connectivity index (χ3v) is 5.44. The van der Waals surface area contributed by atoms with Gasteiger partial charge in [0, 0.05) is 21.5 Å². The molecule has 0 aliphatic heterocycles. The van der Waals surface area contributed by atoms with Crippen LogP contribution in [0.3, 0.4) is 0 Å². The summed E-state index contributed by atoms with van der Waals surface area (Å²) in [6.07, 6.45) is 0. The Morgan fingerprint density at radius 3 is 2.58 bits per heavy atom. The first kappa shape index (κ1) is 20.6. The van der Waals surface area contributed by atoms with E-state index >= 15 is 0 Å². The fourth-order valence-corrected chi connectivity index (χ4v) is 3.66. The van der Waals surface area contributed by atoms with Gasteiger partial charge in [-0.3, -0.25) is 5.32 Å². The molecular formula is C18H20Cl2N2O3S. The number of ether oxygens (including phenoxy) is 1. The van der Waals surface area contributed by atoms with Crippen molar-refractivity contribution in [2.75, 3.05) is 11.9 Å². The van der Waals surface area contributed by atoms with Crippen LogP contribution in [-0.4, -0.2) is 18.6 Å². The standard InChI is InChI=1S/C18H20Cl2N2O3S/c1-4-25-17(23)13-8-15(10(2)3)26-16(13)22-18(24)21-9-11-5-6-12(19)7-14(11)20/h5-8,10H,4,9H2,1-3H3,(H2,21,22,24). The van der Waals surface area contributed by atoms with Gasteiger partial charge in [-0.2, -0.15) is 0 Å². The average molecular weight is 415 g/mol. The number of esters is 1. The zero-order valence-corrected chi connectivity index (χ0v) is 17.0. The van der Waals surface area contributed by atoms with Crippen molar-refractivity contribution in [3.63, 3.8) is 0 Å². The van der Waals surface area contributed by atoms with Crippen LogP contribution in [0.25, 0.3) is 0 Å².